The third kappa shape index (κ3) is 7.36. The van der Waals surface area contributed by atoms with Crippen LogP contribution in [0, 0.1) is 23.7 Å². The molecule has 1 aliphatic carbocycles. The second-order valence-corrected chi connectivity index (χ2v) is 14.2. The van der Waals surface area contributed by atoms with Gasteiger partial charge < -0.3 is 25.1 Å². The lowest BCUT2D eigenvalue weighted by Crippen LogP contribution is -2.47. The first-order valence-corrected chi connectivity index (χ1v) is 16.2. The van der Waals surface area contributed by atoms with Crippen molar-refractivity contribution in [3.05, 3.63) is 35.9 Å². The summed E-state index contributed by atoms with van der Waals surface area (Å²) in [6.45, 7) is 11.5. The smallest absolute Gasteiger partial charge is 0.407 e. The summed E-state index contributed by atoms with van der Waals surface area (Å²) in [6.07, 6.45) is 8.21. The zero-order chi connectivity index (χ0) is 29.9. The predicted molar refractivity (Wildman–Crippen MR) is 169 cm³/mol. The molecule has 8 heteroatoms. The molecule has 1 aromatic heterocycles. The number of piperidine rings is 2. The maximum Gasteiger partial charge on any atom is 0.407 e. The van der Waals surface area contributed by atoms with Crippen LogP contribution in [0.5, 0.6) is 0 Å². The SMILES string of the molecule is CN1CCC(C2CCN(c3cc(C(=O)NC[C@H]4CC[C@H](CN(C(=O)O)C(C)(C)C)CC4)c4ccccc4n3)CC2)CC1. The number of carbonyl (C=O) groups excluding carboxylic acids is 1. The van der Waals surface area contributed by atoms with Gasteiger partial charge in [0.1, 0.15) is 5.82 Å². The normalized spacial score (nSPS) is 23.2. The molecule has 5 rings (SSSR count). The van der Waals surface area contributed by atoms with Gasteiger partial charge in [0.25, 0.3) is 5.91 Å². The number of rotatable bonds is 7. The van der Waals surface area contributed by atoms with Crippen molar-refractivity contribution in [3.63, 3.8) is 0 Å². The topological polar surface area (TPSA) is 89.0 Å². The van der Waals surface area contributed by atoms with E-state index in [4.69, 9.17) is 4.98 Å². The molecule has 2 aliphatic heterocycles. The van der Waals surface area contributed by atoms with E-state index in [1.54, 1.807) is 4.90 Å². The number of fused-ring (bicyclic) bond motifs is 1. The number of pyridine rings is 1. The Kier molecular flexibility index (Phi) is 9.60. The zero-order valence-corrected chi connectivity index (χ0v) is 26.1. The molecule has 0 bridgehead atoms. The minimum atomic E-state index is -0.845. The number of likely N-dealkylation sites (tertiary alicyclic amines) is 1. The van der Waals surface area contributed by atoms with Crippen LogP contribution >= 0.6 is 0 Å². The van der Waals surface area contributed by atoms with Crippen molar-refractivity contribution in [2.45, 2.75) is 77.7 Å². The van der Waals surface area contributed by atoms with Gasteiger partial charge >= 0.3 is 6.09 Å². The number of amides is 2. The molecular formula is C34H51N5O3. The third-order valence-corrected chi connectivity index (χ3v) is 10.2. The number of hydrogen-bond acceptors (Lipinski definition) is 5. The fourth-order valence-electron chi connectivity index (χ4n) is 7.46. The van der Waals surface area contributed by atoms with Gasteiger partial charge in [-0.15, -0.1) is 0 Å². The molecule has 2 N–H and O–H groups in total. The minimum Gasteiger partial charge on any atom is -0.465 e. The first-order chi connectivity index (χ1) is 20.1. The standard InChI is InChI=1S/C34H51N5O3/c1-34(2,3)39(33(41)42)23-25-11-9-24(10-12-25)22-35-32(40)29-21-31(36-30-8-6-5-7-28(29)30)38-19-15-27(16-20-38)26-13-17-37(4)18-14-26/h5-8,21,24-27H,9-20,22-23H2,1-4H3,(H,35,40)(H,41,42)/t24-,25-. The van der Waals surface area contributed by atoms with Crippen molar-refractivity contribution in [1.82, 2.24) is 20.1 Å². The van der Waals surface area contributed by atoms with Gasteiger partial charge in [-0.05, 0) is 128 Å². The average Bonchev–Trinajstić information content (AvgIpc) is 2.98. The number of nitrogens with one attached hydrogen (secondary N) is 1. The van der Waals surface area contributed by atoms with Crippen LogP contribution in [-0.2, 0) is 0 Å². The van der Waals surface area contributed by atoms with Gasteiger partial charge in [0, 0.05) is 37.1 Å². The van der Waals surface area contributed by atoms with Crippen LogP contribution in [0.15, 0.2) is 30.3 Å². The summed E-state index contributed by atoms with van der Waals surface area (Å²) in [6, 6.07) is 10.0. The largest absolute Gasteiger partial charge is 0.465 e. The number of nitrogens with zero attached hydrogens (tertiary/aromatic N) is 4. The van der Waals surface area contributed by atoms with Gasteiger partial charge in [-0.3, -0.25) is 4.79 Å². The van der Waals surface area contributed by atoms with E-state index in [9.17, 15) is 14.7 Å². The Hall–Kier alpha value is -2.87. The van der Waals surface area contributed by atoms with Gasteiger partial charge in [0.2, 0.25) is 0 Å². The fraction of sp³-hybridized carbons (Fsp3) is 0.676. The highest BCUT2D eigenvalue weighted by atomic mass is 16.4. The Morgan fingerprint density at radius 2 is 1.52 bits per heavy atom. The fourth-order valence-corrected chi connectivity index (χ4v) is 7.46. The quantitative estimate of drug-likeness (QED) is 0.413. The van der Waals surface area contributed by atoms with Gasteiger partial charge in [-0.2, -0.15) is 0 Å². The summed E-state index contributed by atoms with van der Waals surface area (Å²) in [4.78, 5) is 36.8. The molecule has 1 saturated carbocycles. The van der Waals surface area contributed by atoms with E-state index < -0.39 is 11.6 Å². The number of carbonyl (C=O) groups is 2. The molecule has 2 amide bonds. The van der Waals surface area contributed by atoms with Gasteiger partial charge in [-0.25, -0.2) is 9.78 Å². The molecule has 8 nitrogen and oxygen atoms in total. The van der Waals surface area contributed by atoms with Crippen LogP contribution in [0.2, 0.25) is 0 Å². The lowest BCUT2D eigenvalue weighted by molar-refractivity contribution is 0.0786. The molecule has 3 aliphatic rings. The average molecular weight is 578 g/mol. The van der Waals surface area contributed by atoms with E-state index in [0.717, 1.165) is 67.3 Å². The number of aromatic nitrogens is 1. The van der Waals surface area contributed by atoms with Crippen molar-refractivity contribution in [2.24, 2.45) is 23.7 Å². The lowest BCUT2D eigenvalue weighted by Gasteiger charge is -2.40. The van der Waals surface area contributed by atoms with Crippen molar-refractivity contribution >= 4 is 28.7 Å². The van der Waals surface area contributed by atoms with Crippen LogP contribution in [-0.4, -0.2) is 83.7 Å². The Bertz CT molecular complexity index is 1220. The van der Waals surface area contributed by atoms with E-state index >= 15 is 0 Å². The van der Waals surface area contributed by atoms with Crippen LogP contribution < -0.4 is 10.2 Å². The monoisotopic (exact) mass is 577 g/mol. The molecule has 3 heterocycles. The minimum absolute atomic E-state index is 0.0250. The summed E-state index contributed by atoms with van der Waals surface area (Å²) in [7, 11) is 2.23. The molecule has 230 valence electrons. The molecular weight excluding hydrogens is 526 g/mol. The number of hydrogen-bond donors (Lipinski definition) is 2. The molecule has 0 unspecified atom stereocenters. The Morgan fingerprint density at radius 1 is 0.929 bits per heavy atom. The summed E-state index contributed by atoms with van der Waals surface area (Å²) in [5.74, 6) is 3.34. The van der Waals surface area contributed by atoms with E-state index in [2.05, 4.69) is 22.2 Å². The highest BCUT2D eigenvalue weighted by Crippen LogP contribution is 2.35. The summed E-state index contributed by atoms with van der Waals surface area (Å²) < 4.78 is 0. The Morgan fingerprint density at radius 3 is 2.14 bits per heavy atom. The van der Waals surface area contributed by atoms with E-state index in [1.165, 1.54) is 38.8 Å². The molecule has 2 aromatic rings. The molecule has 2 saturated heterocycles. The van der Waals surface area contributed by atoms with Crippen molar-refractivity contribution in [3.8, 4) is 0 Å². The number of carboxylic acid groups (broad SMARTS) is 1. The van der Waals surface area contributed by atoms with Gasteiger partial charge in [0.05, 0.1) is 11.1 Å². The first-order valence-electron chi connectivity index (χ1n) is 16.2. The summed E-state index contributed by atoms with van der Waals surface area (Å²) >= 11 is 0. The van der Waals surface area contributed by atoms with Crippen LogP contribution in [0.25, 0.3) is 10.9 Å². The molecule has 0 spiro atoms. The van der Waals surface area contributed by atoms with Gasteiger partial charge in [-0.1, -0.05) is 18.2 Å². The van der Waals surface area contributed by atoms with E-state index in [0.29, 0.717) is 30.5 Å². The zero-order valence-electron chi connectivity index (χ0n) is 26.1. The molecule has 0 radical (unpaired) electrons. The second-order valence-electron chi connectivity index (χ2n) is 14.2. The number of benzene rings is 1. The molecule has 3 fully saturated rings. The van der Waals surface area contributed by atoms with Crippen molar-refractivity contribution in [2.75, 3.05) is 51.2 Å². The van der Waals surface area contributed by atoms with E-state index in [-0.39, 0.29) is 5.91 Å². The maximum atomic E-state index is 13.6. The van der Waals surface area contributed by atoms with Gasteiger partial charge in [0.15, 0.2) is 0 Å². The molecule has 0 atom stereocenters. The van der Waals surface area contributed by atoms with Crippen LogP contribution in [0.4, 0.5) is 10.6 Å². The highest BCUT2D eigenvalue weighted by Gasteiger charge is 2.32. The lowest BCUT2D eigenvalue weighted by atomic mass is 9.79. The predicted octanol–water partition coefficient (Wildman–Crippen LogP) is 6.11. The number of anilines is 1. The van der Waals surface area contributed by atoms with Crippen LogP contribution in [0.3, 0.4) is 0 Å². The summed E-state index contributed by atoms with van der Waals surface area (Å²) in [5, 5.41) is 13.8. The third-order valence-electron chi connectivity index (χ3n) is 10.2. The molecule has 42 heavy (non-hydrogen) atoms. The highest BCUT2D eigenvalue weighted by molar-refractivity contribution is 6.07. The second kappa shape index (κ2) is 13.2. The summed E-state index contributed by atoms with van der Waals surface area (Å²) in [5.41, 5.74) is 1.19. The maximum absolute atomic E-state index is 13.6. The van der Waals surface area contributed by atoms with E-state index in [1.807, 2.05) is 51.1 Å². The van der Waals surface area contributed by atoms with Crippen molar-refractivity contribution in [1.29, 1.82) is 0 Å². The van der Waals surface area contributed by atoms with Crippen LogP contribution in [0.1, 0.15) is 82.5 Å². The first kappa shape index (κ1) is 30.6. The Balaban J connectivity index is 1.18. The molecule has 1 aromatic carbocycles. The number of para-hydroxylation sites is 1. The Labute approximate surface area is 251 Å². The van der Waals surface area contributed by atoms with Crippen molar-refractivity contribution < 1.29 is 14.7 Å².